The molecule has 16 heavy (non-hydrogen) atoms. The van der Waals surface area contributed by atoms with E-state index < -0.39 is 6.10 Å². The summed E-state index contributed by atoms with van der Waals surface area (Å²) in [6.07, 6.45) is 0.832. The second-order valence-electron chi connectivity index (χ2n) is 3.50. The van der Waals surface area contributed by atoms with Gasteiger partial charge >= 0.3 is 0 Å². The molecule has 0 aliphatic rings. The summed E-state index contributed by atoms with van der Waals surface area (Å²) in [5.74, 6) is 0. The van der Waals surface area contributed by atoms with Gasteiger partial charge in [-0.25, -0.2) is 4.68 Å². The van der Waals surface area contributed by atoms with Crippen molar-refractivity contribution in [3.63, 3.8) is 0 Å². The van der Waals surface area contributed by atoms with Gasteiger partial charge in [0.05, 0.1) is 5.69 Å². The fraction of sp³-hybridized carbons (Fsp3) is 0.300. The smallest absolute Gasteiger partial charge is 0.154 e. The van der Waals surface area contributed by atoms with Crippen molar-refractivity contribution in [2.75, 3.05) is 0 Å². The summed E-state index contributed by atoms with van der Waals surface area (Å²) in [4.78, 5) is 4.18. The molecule has 0 saturated carbocycles. The van der Waals surface area contributed by atoms with Crippen LogP contribution >= 0.6 is 15.9 Å². The molecule has 2 heterocycles. The highest BCUT2D eigenvalue weighted by molar-refractivity contribution is 9.10. The van der Waals surface area contributed by atoms with Crippen molar-refractivity contribution in [2.24, 2.45) is 7.05 Å². The molecule has 6 heteroatoms. The molecule has 0 spiro atoms. The molecule has 1 atom stereocenters. The number of hydrogen-bond acceptors (Lipinski definition) is 4. The number of hydrogen-bond donors (Lipinski definition) is 1. The third kappa shape index (κ3) is 1.85. The Bertz CT molecular complexity index is 492. The first-order valence-electron chi connectivity index (χ1n) is 4.76. The molecule has 0 aliphatic carbocycles. The van der Waals surface area contributed by atoms with E-state index in [1.165, 1.54) is 4.68 Å². The van der Waals surface area contributed by atoms with E-state index >= 15 is 0 Å². The van der Waals surface area contributed by atoms with E-state index in [0.717, 1.165) is 5.56 Å². The lowest BCUT2D eigenvalue weighted by atomic mass is 10.1. The Morgan fingerprint density at radius 2 is 2.25 bits per heavy atom. The van der Waals surface area contributed by atoms with Crippen LogP contribution in [-0.4, -0.2) is 25.1 Å². The maximum absolute atomic E-state index is 10.2. The van der Waals surface area contributed by atoms with Crippen LogP contribution in [0.5, 0.6) is 0 Å². The number of rotatable bonds is 2. The normalized spacial score (nSPS) is 12.8. The van der Waals surface area contributed by atoms with Crippen LogP contribution in [0.4, 0.5) is 0 Å². The van der Waals surface area contributed by atoms with Crippen LogP contribution < -0.4 is 0 Å². The molecule has 2 aromatic rings. The van der Waals surface area contributed by atoms with Crippen LogP contribution in [0.2, 0.25) is 0 Å². The molecule has 1 N–H and O–H groups in total. The maximum atomic E-state index is 10.2. The molecule has 0 radical (unpaired) electrons. The minimum atomic E-state index is -0.824. The Balaban J connectivity index is 2.47. The second kappa shape index (κ2) is 4.31. The second-order valence-corrected chi connectivity index (χ2v) is 4.25. The molecule has 2 rings (SSSR count). The Morgan fingerprint density at radius 1 is 1.50 bits per heavy atom. The molecule has 84 valence electrons. The summed E-state index contributed by atoms with van der Waals surface area (Å²) in [7, 11) is 1.73. The average molecular weight is 283 g/mol. The quantitative estimate of drug-likeness (QED) is 0.904. The van der Waals surface area contributed by atoms with Crippen molar-refractivity contribution in [2.45, 2.75) is 13.0 Å². The summed E-state index contributed by atoms with van der Waals surface area (Å²) in [6.45, 7) is 1.91. The summed E-state index contributed by atoms with van der Waals surface area (Å²) >= 11 is 3.26. The summed E-state index contributed by atoms with van der Waals surface area (Å²) in [6, 6.07) is 3.74. The van der Waals surface area contributed by atoms with Crippen LogP contribution in [0, 0.1) is 6.92 Å². The lowest BCUT2D eigenvalue weighted by Crippen LogP contribution is -2.10. The third-order valence-corrected chi connectivity index (χ3v) is 2.96. The van der Waals surface area contributed by atoms with Crippen LogP contribution in [0.1, 0.15) is 23.1 Å². The van der Waals surface area contributed by atoms with E-state index in [2.05, 4.69) is 31.2 Å². The minimum Gasteiger partial charge on any atom is -0.380 e. The van der Waals surface area contributed by atoms with Gasteiger partial charge in [0.25, 0.3) is 0 Å². The number of halogens is 1. The van der Waals surface area contributed by atoms with Crippen LogP contribution in [-0.2, 0) is 7.05 Å². The first-order chi connectivity index (χ1) is 7.61. The maximum Gasteiger partial charge on any atom is 0.154 e. The molecule has 0 aliphatic heterocycles. The lowest BCUT2D eigenvalue weighted by molar-refractivity contribution is 0.203. The highest BCUT2D eigenvalue weighted by atomic mass is 79.9. The van der Waals surface area contributed by atoms with Gasteiger partial charge in [-0.15, -0.1) is 5.10 Å². The van der Waals surface area contributed by atoms with Gasteiger partial charge in [0, 0.05) is 13.2 Å². The number of aliphatic hydroxyl groups excluding tert-OH is 1. The number of aliphatic hydroxyl groups is 1. The zero-order valence-corrected chi connectivity index (χ0v) is 10.5. The van der Waals surface area contributed by atoms with Crippen molar-refractivity contribution in [1.82, 2.24) is 20.0 Å². The number of aryl methyl sites for hydroxylation is 2. The highest BCUT2D eigenvalue weighted by Crippen LogP contribution is 2.26. The first-order valence-corrected chi connectivity index (χ1v) is 5.55. The van der Waals surface area contributed by atoms with Gasteiger partial charge in [0.2, 0.25) is 0 Å². The van der Waals surface area contributed by atoms with Crippen molar-refractivity contribution < 1.29 is 5.11 Å². The molecule has 2 aromatic heterocycles. The Hall–Kier alpha value is -1.27. The highest BCUT2D eigenvalue weighted by Gasteiger charge is 2.21. The number of aromatic nitrogens is 4. The SMILES string of the molecule is Cc1cccnc1C(O)c1c(Br)nnn1C. The summed E-state index contributed by atoms with van der Waals surface area (Å²) in [5.41, 5.74) is 2.15. The fourth-order valence-electron chi connectivity index (χ4n) is 1.54. The van der Waals surface area contributed by atoms with Gasteiger partial charge in [0.1, 0.15) is 11.8 Å². The van der Waals surface area contributed by atoms with Crippen molar-refractivity contribution in [3.8, 4) is 0 Å². The monoisotopic (exact) mass is 282 g/mol. The number of pyridine rings is 1. The summed E-state index contributed by atoms with van der Waals surface area (Å²) < 4.78 is 2.07. The van der Waals surface area contributed by atoms with Crippen molar-refractivity contribution >= 4 is 15.9 Å². The predicted molar refractivity (Wildman–Crippen MR) is 61.7 cm³/mol. The van der Waals surface area contributed by atoms with Crippen LogP contribution in [0.15, 0.2) is 22.9 Å². The topological polar surface area (TPSA) is 63.8 Å². The van der Waals surface area contributed by atoms with Crippen molar-refractivity contribution in [1.29, 1.82) is 0 Å². The van der Waals surface area contributed by atoms with Gasteiger partial charge in [0.15, 0.2) is 4.60 Å². The molecular weight excluding hydrogens is 272 g/mol. The molecule has 0 aromatic carbocycles. The third-order valence-electron chi connectivity index (χ3n) is 2.39. The molecular formula is C10H11BrN4O. The molecule has 5 nitrogen and oxygen atoms in total. The largest absolute Gasteiger partial charge is 0.380 e. The summed E-state index contributed by atoms with van der Waals surface area (Å²) in [5, 5.41) is 17.9. The number of nitrogens with zero attached hydrogens (tertiary/aromatic N) is 4. The standard InChI is InChI=1S/C10H11BrN4O/c1-6-4-3-5-12-7(6)9(16)8-10(11)13-14-15(8)2/h3-5,9,16H,1-2H3. The van der Waals surface area contributed by atoms with Gasteiger partial charge in [-0.05, 0) is 34.5 Å². The first kappa shape index (κ1) is 11.2. The van der Waals surface area contributed by atoms with E-state index in [9.17, 15) is 5.11 Å². The molecule has 1 unspecified atom stereocenters. The van der Waals surface area contributed by atoms with E-state index in [1.54, 1.807) is 13.2 Å². The van der Waals surface area contributed by atoms with E-state index in [4.69, 9.17) is 0 Å². The van der Waals surface area contributed by atoms with Crippen LogP contribution in [0.3, 0.4) is 0 Å². The van der Waals surface area contributed by atoms with Crippen molar-refractivity contribution in [3.05, 3.63) is 39.9 Å². The molecule has 0 saturated heterocycles. The lowest BCUT2D eigenvalue weighted by Gasteiger charge is -2.12. The van der Waals surface area contributed by atoms with Gasteiger partial charge in [-0.1, -0.05) is 11.3 Å². The Morgan fingerprint density at radius 3 is 2.81 bits per heavy atom. The zero-order valence-electron chi connectivity index (χ0n) is 8.92. The Labute approximate surface area is 101 Å². The van der Waals surface area contributed by atoms with Crippen LogP contribution in [0.25, 0.3) is 0 Å². The zero-order chi connectivity index (χ0) is 11.7. The average Bonchev–Trinajstić information content (AvgIpc) is 2.58. The van der Waals surface area contributed by atoms with Gasteiger partial charge < -0.3 is 5.11 Å². The fourth-order valence-corrected chi connectivity index (χ4v) is 2.09. The Kier molecular flexibility index (Phi) is 3.02. The van der Waals surface area contributed by atoms with Gasteiger partial charge in [-0.2, -0.15) is 0 Å². The van der Waals surface area contributed by atoms with Gasteiger partial charge in [-0.3, -0.25) is 4.98 Å². The van der Waals surface area contributed by atoms with E-state index in [0.29, 0.717) is 16.0 Å². The minimum absolute atomic E-state index is 0.535. The molecule has 0 amide bonds. The van der Waals surface area contributed by atoms with E-state index in [-0.39, 0.29) is 0 Å². The predicted octanol–water partition coefficient (Wildman–Crippen LogP) is 1.36. The molecule has 0 fully saturated rings. The molecule has 0 bridgehead atoms. The van der Waals surface area contributed by atoms with E-state index in [1.807, 2.05) is 19.1 Å².